The number of amides is 1. The smallest absolute Gasteiger partial charge is 0.238 e. The first-order valence-corrected chi connectivity index (χ1v) is 5.19. The van der Waals surface area contributed by atoms with E-state index >= 15 is 0 Å². The molecule has 1 amide bonds. The third kappa shape index (κ3) is 0.815. The molecule has 2 fully saturated rings. The molecule has 0 aromatic carbocycles. The Morgan fingerprint density at radius 2 is 2.60 bits per heavy atom. The summed E-state index contributed by atoms with van der Waals surface area (Å²) in [7, 11) is 0. The molecule has 0 bridgehead atoms. The maximum atomic E-state index is 11.0. The van der Waals surface area contributed by atoms with Gasteiger partial charge in [0.25, 0.3) is 0 Å². The molecule has 2 atom stereocenters. The second kappa shape index (κ2) is 2.14. The zero-order valence-electron chi connectivity index (χ0n) is 5.39. The molecule has 2 heterocycles. The summed E-state index contributed by atoms with van der Waals surface area (Å²) in [5.41, 5.74) is 0. The molecular formula is C6H8BrNOS. The van der Waals surface area contributed by atoms with Gasteiger partial charge in [0, 0.05) is 17.1 Å². The van der Waals surface area contributed by atoms with Gasteiger partial charge in [-0.3, -0.25) is 4.79 Å². The molecule has 56 valence electrons. The van der Waals surface area contributed by atoms with Crippen LogP contribution in [0.2, 0.25) is 0 Å². The monoisotopic (exact) mass is 221 g/mol. The number of halogens is 1. The van der Waals surface area contributed by atoms with Crippen LogP contribution in [-0.4, -0.2) is 27.8 Å². The summed E-state index contributed by atoms with van der Waals surface area (Å²) in [6, 6.07) is 0. The first kappa shape index (κ1) is 6.98. The highest BCUT2D eigenvalue weighted by Gasteiger charge is 2.51. The summed E-state index contributed by atoms with van der Waals surface area (Å²) >= 11 is 5.30. The van der Waals surface area contributed by atoms with Gasteiger partial charge in [0.05, 0.1) is 0 Å². The number of nitrogens with one attached hydrogen (secondary N) is 1. The molecule has 2 nitrogen and oxygen atoms in total. The van der Waals surface area contributed by atoms with Gasteiger partial charge >= 0.3 is 0 Å². The molecule has 0 aromatic rings. The van der Waals surface area contributed by atoms with Crippen LogP contribution in [0.15, 0.2) is 0 Å². The van der Waals surface area contributed by atoms with Crippen LogP contribution in [0.1, 0.15) is 6.42 Å². The van der Waals surface area contributed by atoms with Gasteiger partial charge in [0.2, 0.25) is 5.91 Å². The Balaban J connectivity index is 2.11. The Morgan fingerprint density at radius 1 is 1.80 bits per heavy atom. The largest absolute Gasteiger partial charge is 0.353 e. The summed E-state index contributed by atoms with van der Waals surface area (Å²) in [4.78, 5) is 11.6. The maximum absolute atomic E-state index is 11.0. The van der Waals surface area contributed by atoms with Gasteiger partial charge in [-0.25, -0.2) is 0 Å². The van der Waals surface area contributed by atoms with Crippen molar-refractivity contribution in [3.05, 3.63) is 0 Å². The Bertz CT molecular complexity index is 187. The number of thioether (sulfide) groups is 1. The lowest BCUT2D eigenvalue weighted by molar-refractivity contribution is -0.128. The zero-order chi connectivity index (χ0) is 7.19. The minimum absolute atomic E-state index is 0.0336. The number of carbonyl (C=O) groups is 1. The molecule has 2 aliphatic heterocycles. The van der Waals surface area contributed by atoms with E-state index in [-0.39, 0.29) is 10.7 Å². The highest BCUT2D eigenvalue weighted by Crippen LogP contribution is 2.44. The predicted molar refractivity (Wildman–Crippen MR) is 45.5 cm³/mol. The number of hydrogen-bond acceptors (Lipinski definition) is 2. The molecule has 1 N–H and O–H groups in total. The van der Waals surface area contributed by atoms with Crippen molar-refractivity contribution in [3.63, 3.8) is 0 Å². The minimum Gasteiger partial charge on any atom is -0.353 e. The summed E-state index contributed by atoms with van der Waals surface area (Å²) < 4.78 is -0.0336. The van der Waals surface area contributed by atoms with E-state index in [0.29, 0.717) is 4.83 Å². The van der Waals surface area contributed by atoms with Crippen LogP contribution in [-0.2, 0) is 4.79 Å². The molecule has 2 rings (SSSR count). The Kier molecular flexibility index (Phi) is 1.49. The van der Waals surface area contributed by atoms with Crippen LogP contribution < -0.4 is 5.32 Å². The van der Waals surface area contributed by atoms with Crippen molar-refractivity contribution in [1.29, 1.82) is 0 Å². The standard InChI is InChI=1S/C6H8BrNOS/c7-4-1-6(10-2-4)3-8-5(6)9/h4H,1-3H2,(H,8,9). The highest BCUT2D eigenvalue weighted by molar-refractivity contribution is 9.09. The zero-order valence-corrected chi connectivity index (χ0v) is 7.80. The second-order valence-electron chi connectivity index (χ2n) is 2.79. The summed E-state index contributed by atoms with van der Waals surface area (Å²) in [6.45, 7) is 0.874. The van der Waals surface area contributed by atoms with E-state index in [4.69, 9.17) is 0 Å². The Hall–Kier alpha value is 0.300. The molecule has 4 heteroatoms. The Labute approximate surface area is 72.3 Å². The van der Waals surface area contributed by atoms with Crippen LogP contribution >= 0.6 is 27.7 Å². The van der Waals surface area contributed by atoms with E-state index < -0.39 is 0 Å². The van der Waals surface area contributed by atoms with Crippen molar-refractivity contribution in [3.8, 4) is 0 Å². The molecule has 0 aromatic heterocycles. The number of alkyl halides is 1. The molecule has 0 radical (unpaired) electrons. The van der Waals surface area contributed by atoms with Crippen LogP contribution in [0.5, 0.6) is 0 Å². The number of carbonyl (C=O) groups excluding carboxylic acids is 1. The number of rotatable bonds is 0. The fourth-order valence-electron chi connectivity index (χ4n) is 1.36. The fraction of sp³-hybridized carbons (Fsp3) is 0.833. The van der Waals surface area contributed by atoms with E-state index in [1.807, 2.05) is 0 Å². The van der Waals surface area contributed by atoms with Crippen LogP contribution in [0.4, 0.5) is 0 Å². The lowest BCUT2D eigenvalue weighted by Crippen LogP contribution is -2.61. The molecule has 2 saturated heterocycles. The first-order valence-electron chi connectivity index (χ1n) is 3.29. The molecule has 0 saturated carbocycles. The molecule has 0 aliphatic carbocycles. The number of β-lactam (4-membered cyclic amide) rings is 1. The SMILES string of the molecule is O=C1NCC12CC(Br)CS2. The van der Waals surface area contributed by atoms with Crippen molar-refractivity contribution in [2.24, 2.45) is 0 Å². The normalized spacial score (nSPS) is 45.3. The van der Waals surface area contributed by atoms with E-state index in [1.54, 1.807) is 11.8 Å². The summed E-state index contributed by atoms with van der Waals surface area (Å²) in [5.74, 6) is 1.31. The Morgan fingerprint density at radius 3 is 2.80 bits per heavy atom. The molecule has 1 spiro atoms. The van der Waals surface area contributed by atoms with Crippen LogP contribution in [0, 0.1) is 0 Å². The van der Waals surface area contributed by atoms with Crippen molar-refractivity contribution in [2.45, 2.75) is 16.0 Å². The van der Waals surface area contributed by atoms with Gasteiger partial charge in [-0.2, -0.15) is 0 Å². The van der Waals surface area contributed by atoms with Gasteiger partial charge in [0.1, 0.15) is 4.75 Å². The third-order valence-electron chi connectivity index (χ3n) is 2.04. The van der Waals surface area contributed by atoms with Gasteiger partial charge < -0.3 is 5.32 Å². The van der Waals surface area contributed by atoms with Crippen molar-refractivity contribution in [2.75, 3.05) is 12.3 Å². The maximum Gasteiger partial charge on any atom is 0.238 e. The first-order chi connectivity index (χ1) is 4.73. The van der Waals surface area contributed by atoms with Crippen molar-refractivity contribution < 1.29 is 4.79 Å². The quantitative estimate of drug-likeness (QED) is 0.484. The van der Waals surface area contributed by atoms with E-state index in [2.05, 4.69) is 21.2 Å². The van der Waals surface area contributed by atoms with Gasteiger partial charge in [0.15, 0.2) is 0 Å². The second-order valence-corrected chi connectivity index (χ2v) is 5.49. The van der Waals surface area contributed by atoms with Gasteiger partial charge in [-0.05, 0) is 6.42 Å². The van der Waals surface area contributed by atoms with Crippen molar-refractivity contribution >= 4 is 33.6 Å². The summed E-state index contributed by atoms with van der Waals surface area (Å²) in [6.07, 6.45) is 1.00. The van der Waals surface area contributed by atoms with Crippen molar-refractivity contribution in [1.82, 2.24) is 5.32 Å². The van der Waals surface area contributed by atoms with Crippen LogP contribution in [0.3, 0.4) is 0 Å². The van der Waals surface area contributed by atoms with Crippen LogP contribution in [0.25, 0.3) is 0 Å². The average Bonchev–Trinajstić information content (AvgIpc) is 2.31. The number of hydrogen-bond donors (Lipinski definition) is 1. The van der Waals surface area contributed by atoms with E-state index in [9.17, 15) is 4.79 Å². The average molecular weight is 222 g/mol. The topological polar surface area (TPSA) is 29.1 Å². The summed E-state index contributed by atoms with van der Waals surface area (Å²) in [5, 5.41) is 2.78. The fourth-order valence-corrected chi connectivity index (χ4v) is 3.84. The molecule has 2 unspecified atom stereocenters. The predicted octanol–water partition coefficient (Wildman–Crippen LogP) is 0.755. The highest BCUT2D eigenvalue weighted by atomic mass is 79.9. The lowest BCUT2D eigenvalue weighted by Gasteiger charge is -2.36. The lowest BCUT2D eigenvalue weighted by atomic mass is 9.96. The molecule has 10 heavy (non-hydrogen) atoms. The third-order valence-corrected chi connectivity index (χ3v) is 4.73. The molecular weight excluding hydrogens is 214 g/mol. The van der Waals surface area contributed by atoms with E-state index in [1.165, 1.54) is 0 Å². The molecule has 2 aliphatic rings. The van der Waals surface area contributed by atoms with Gasteiger partial charge in [-0.15, -0.1) is 11.8 Å². The van der Waals surface area contributed by atoms with E-state index in [0.717, 1.165) is 18.7 Å². The minimum atomic E-state index is -0.0336. The van der Waals surface area contributed by atoms with Gasteiger partial charge in [-0.1, -0.05) is 15.9 Å².